The van der Waals surface area contributed by atoms with E-state index >= 15 is 8.78 Å². The smallest absolute Gasteiger partial charge is 0.299 e. The number of halogens is 4. The van der Waals surface area contributed by atoms with Crippen LogP contribution in [0.3, 0.4) is 0 Å². The molecule has 0 spiro atoms. The minimum Gasteiger partial charge on any atom is -0.394 e. The normalized spacial score (nSPS) is 11.6. The van der Waals surface area contributed by atoms with E-state index in [2.05, 4.69) is 25.2 Å². The SMILES string of the molecule is CCNS(=O)(=O)Nc1cccc(Cn2cnc3c(F)c(Nc4ccc(I)cc4F)c(C(=O)NOCCO)cc32)c1F. The lowest BCUT2D eigenvalue weighted by Gasteiger charge is -2.16. The molecule has 11 nitrogen and oxygen atoms in total. The molecular weight excluding hydrogens is 680 g/mol. The van der Waals surface area contributed by atoms with Crippen LogP contribution in [0.5, 0.6) is 0 Å². The molecule has 1 amide bonds. The number of aliphatic hydroxyl groups is 1. The van der Waals surface area contributed by atoms with Crippen LogP contribution in [0.4, 0.5) is 30.2 Å². The van der Waals surface area contributed by atoms with Crippen molar-refractivity contribution in [2.45, 2.75) is 13.5 Å². The molecule has 0 unspecified atom stereocenters. The van der Waals surface area contributed by atoms with Crippen molar-refractivity contribution in [3.63, 3.8) is 0 Å². The summed E-state index contributed by atoms with van der Waals surface area (Å²) in [5.41, 5.74) is 0.935. The number of carbonyl (C=O) groups is 1. The third kappa shape index (κ3) is 7.07. The Morgan fingerprint density at radius 2 is 1.90 bits per heavy atom. The number of fused-ring (bicyclic) bond motifs is 1. The Labute approximate surface area is 246 Å². The summed E-state index contributed by atoms with van der Waals surface area (Å²) in [6.07, 6.45) is 1.22. The Morgan fingerprint density at radius 3 is 2.61 bits per heavy atom. The van der Waals surface area contributed by atoms with Gasteiger partial charge in [0.05, 0.1) is 54.2 Å². The van der Waals surface area contributed by atoms with Crippen LogP contribution in [0.25, 0.3) is 11.0 Å². The van der Waals surface area contributed by atoms with Gasteiger partial charge in [0.2, 0.25) is 0 Å². The van der Waals surface area contributed by atoms with E-state index in [1.54, 1.807) is 13.0 Å². The van der Waals surface area contributed by atoms with E-state index in [0.29, 0.717) is 3.57 Å². The third-order valence-electron chi connectivity index (χ3n) is 5.65. The van der Waals surface area contributed by atoms with Gasteiger partial charge in [-0.3, -0.25) is 14.4 Å². The summed E-state index contributed by atoms with van der Waals surface area (Å²) in [5.74, 6) is -3.45. The number of rotatable bonds is 12. The molecule has 0 bridgehead atoms. The lowest BCUT2D eigenvalue weighted by atomic mass is 10.1. The van der Waals surface area contributed by atoms with Crippen LogP contribution in [0.15, 0.2) is 48.8 Å². The van der Waals surface area contributed by atoms with Crippen molar-refractivity contribution in [1.82, 2.24) is 19.8 Å². The molecule has 0 saturated heterocycles. The van der Waals surface area contributed by atoms with Crippen molar-refractivity contribution in [2.75, 3.05) is 29.8 Å². The second kappa shape index (κ2) is 13.0. The zero-order valence-corrected chi connectivity index (χ0v) is 24.3. The summed E-state index contributed by atoms with van der Waals surface area (Å²) in [6.45, 7) is 0.821. The van der Waals surface area contributed by atoms with Gasteiger partial charge < -0.3 is 15.0 Å². The molecule has 0 fully saturated rings. The van der Waals surface area contributed by atoms with Crippen molar-refractivity contribution >= 4 is 66.8 Å². The number of hydrogen-bond donors (Lipinski definition) is 5. The van der Waals surface area contributed by atoms with E-state index in [-0.39, 0.29) is 58.9 Å². The standard InChI is InChI=1S/C25H24F3IN6O5S/c1-2-31-41(38,39)34-19-5-3-4-14(21(19)27)12-35-13-30-24-20(35)11-16(25(37)33-40-9-8-36)23(22(24)28)32-18-7-6-15(29)10-17(18)26/h3-7,10-11,13,31-32,34,36H,2,8-9,12H2,1H3,(H,33,37). The van der Waals surface area contributed by atoms with Crippen LogP contribution in [-0.4, -0.2) is 48.7 Å². The summed E-state index contributed by atoms with van der Waals surface area (Å²) in [5, 5.41) is 11.6. The monoisotopic (exact) mass is 704 g/mol. The predicted molar refractivity (Wildman–Crippen MR) is 154 cm³/mol. The van der Waals surface area contributed by atoms with Crippen molar-refractivity contribution in [3.05, 3.63) is 80.9 Å². The Bertz CT molecular complexity index is 1700. The van der Waals surface area contributed by atoms with Gasteiger partial charge in [-0.15, -0.1) is 0 Å². The van der Waals surface area contributed by atoms with E-state index < -0.39 is 40.2 Å². The Balaban J connectivity index is 1.76. The van der Waals surface area contributed by atoms with Gasteiger partial charge in [0.25, 0.3) is 16.1 Å². The molecule has 5 N–H and O–H groups in total. The van der Waals surface area contributed by atoms with E-state index in [4.69, 9.17) is 9.94 Å². The van der Waals surface area contributed by atoms with Crippen LogP contribution < -0.4 is 20.2 Å². The summed E-state index contributed by atoms with van der Waals surface area (Å²) in [6, 6.07) is 9.55. The zero-order valence-electron chi connectivity index (χ0n) is 21.3. The molecule has 1 heterocycles. The number of aliphatic hydroxyl groups excluding tert-OH is 1. The van der Waals surface area contributed by atoms with Crippen molar-refractivity contribution < 1.29 is 36.3 Å². The van der Waals surface area contributed by atoms with Crippen LogP contribution in [-0.2, 0) is 21.6 Å². The number of hydroxylamine groups is 1. The van der Waals surface area contributed by atoms with Crippen LogP contribution in [0.2, 0.25) is 0 Å². The minimum absolute atomic E-state index is 0.0434. The number of nitrogens with one attached hydrogen (secondary N) is 4. The first-order chi connectivity index (χ1) is 19.5. The number of imidazole rings is 1. The van der Waals surface area contributed by atoms with Gasteiger partial charge in [0, 0.05) is 15.7 Å². The van der Waals surface area contributed by atoms with Crippen LogP contribution in [0.1, 0.15) is 22.8 Å². The number of carbonyl (C=O) groups excluding carboxylic acids is 1. The molecule has 4 rings (SSSR count). The number of benzene rings is 3. The lowest BCUT2D eigenvalue weighted by molar-refractivity contribution is 0.0169. The average Bonchev–Trinajstić information content (AvgIpc) is 3.31. The molecule has 1 aromatic heterocycles. The molecule has 0 atom stereocenters. The van der Waals surface area contributed by atoms with Crippen LogP contribution >= 0.6 is 22.6 Å². The first kappa shape index (κ1) is 30.5. The quantitative estimate of drug-likeness (QED) is 0.0858. The molecular formula is C25H24F3IN6O5S. The lowest BCUT2D eigenvalue weighted by Crippen LogP contribution is -2.30. The maximum atomic E-state index is 15.8. The molecule has 0 aliphatic heterocycles. The summed E-state index contributed by atoms with van der Waals surface area (Å²) in [4.78, 5) is 21.9. The van der Waals surface area contributed by atoms with E-state index in [9.17, 15) is 17.6 Å². The molecule has 4 aromatic rings. The largest absolute Gasteiger partial charge is 0.394 e. The van der Waals surface area contributed by atoms with E-state index in [1.807, 2.05) is 22.6 Å². The number of aromatic nitrogens is 2. The highest BCUT2D eigenvalue weighted by Crippen LogP contribution is 2.33. The topological polar surface area (TPSA) is 147 Å². The minimum atomic E-state index is -4.00. The number of hydrogen-bond acceptors (Lipinski definition) is 7. The van der Waals surface area contributed by atoms with Gasteiger partial charge in [-0.05, 0) is 52.9 Å². The van der Waals surface area contributed by atoms with Crippen molar-refractivity contribution in [2.24, 2.45) is 0 Å². The van der Waals surface area contributed by atoms with E-state index in [1.165, 1.54) is 47.3 Å². The Morgan fingerprint density at radius 1 is 1.12 bits per heavy atom. The molecule has 0 saturated carbocycles. The average molecular weight is 704 g/mol. The Kier molecular flexibility index (Phi) is 9.69. The summed E-state index contributed by atoms with van der Waals surface area (Å²) in [7, 11) is -4.00. The fourth-order valence-electron chi connectivity index (χ4n) is 3.86. The fourth-order valence-corrected chi connectivity index (χ4v) is 5.22. The van der Waals surface area contributed by atoms with Crippen molar-refractivity contribution in [3.8, 4) is 0 Å². The van der Waals surface area contributed by atoms with Gasteiger partial charge in [-0.1, -0.05) is 19.1 Å². The highest BCUT2D eigenvalue weighted by atomic mass is 127. The van der Waals surface area contributed by atoms with Gasteiger partial charge in [0.1, 0.15) is 11.3 Å². The number of amides is 1. The summed E-state index contributed by atoms with van der Waals surface area (Å²) < 4.78 is 76.1. The fraction of sp³-hybridized carbons (Fsp3) is 0.200. The molecule has 16 heteroatoms. The van der Waals surface area contributed by atoms with Gasteiger partial charge in [0.15, 0.2) is 11.6 Å². The molecule has 0 aliphatic carbocycles. The van der Waals surface area contributed by atoms with Gasteiger partial charge in [-0.2, -0.15) is 13.1 Å². The predicted octanol–water partition coefficient (Wildman–Crippen LogP) is 3.77. The number of nitrogens with zero attached hydrogens (tertiary/aromatic N) is 2. The molecule has 0 aliphatic rings. The highest BCUT2D eigenvalue weighted by Gasteiger charge is 2.24. The maximum Gasteiger partial charge on any atom is 0.299 e. The first-order valence-corrected chi connectivity index (χ1v) is 14.6. The maximum absolute atomic E-state index is 15.8. The first-order valence-electron chi connectivity index (χ1n) is 12.0. The summed E-state index contributed by atoms with van der Waals surface area (Å²) >= 11 is 1.91. The molecule has 218 valence electrons. The molecule has 0 radical (unpaired) electrons. The molecule has 41 heavy (non-hydrogen) atoms. The van der Waals surface area contributed by atoms with Crippen LogP contribution in [0, 0.1) is 21.0 Å². The highest BCUT2D eigenvalue weighted by molar-refractivity contribution is 14.1. The zero-order chi connectivity index (χ0) is 29.7. The van der Waals surface area contributed by atoms with Gasteiger partial charge in [-0.25, -0.2) is 23.6 Å². The second-order valence-electron chi connectivity index (χ2n) is 8.49. The Hall–Kier alpha value is -3.45. The third-order valence-corrected chi connectivity index (χ3v) is 7.48. The number of anilines is 3. The van der Waals surface area contributed by atoms with E-state index in [0.717, 1.165) is 0 Å². The second-order valence-corrected chi connectivity index (χ2v) is 11.2. The van der Waals surface area contributed by atoms with Crippen molar-refractivity contribution in [1.29, 1.82) is 0 Å². The molecule has 3 aromatic carbocycles. The van der Waals surface area contributed by atoms with Gasteiger partial charge >= 0.3 is 0 Å².